The first-order valence-electron chi connectivity index (χ1n) is 5.82. The van der Waals surface area contributed by atoms with Crippen LogP contribution in [-0.2, 0) is 6.54 Å². The number of para-hydroxylation sites is 1. The smallest absolute Gasteiger partial charge is 0.159 e. The van der Waals surface area contributed by atoms with Crippen molar-refractivity contribution in [2.45, 2.75) is 6.54 Å². The van der Waals surface area contributed by atoms with Crippen molar-refractivity contribution in [3.63, 3.8) is 0 Å². The number of rotatable bonds is 2. The molecule has 1 aromatic heterocycles. The second-order valence-corrected chi connectivity index (χ2v) is 4.23. The molecule has 0 aliphatic heterocycles. The summed E-state index contributed by atoms with van der Waals surface area (Å²) in [6.45, 7) is 0.374. The van der Waals surface area contributed by atoms with E-state index in [4.69, 9.17) is 5.73 Å². The van der Waals surface area contributed by atoms with Crippen LogP contribution in [-0.4, -0.2) is 9.97 Å². The minimum atomic E-state index is -0.892. The van der Waals surface area contributed by atoms with Crippen LogP contribution in [0.4, 0.5) is 8.78 Å². The summed E-state index contributed by atoms with van der Waals surface area (Å²) in [5.74, 6) is -1.27. The lowest BCUT2D eigenvalue weighted by Gasteiger charge is -1.97. The van der Waals surface area contributed by atoms with E-state index in [2.05, 4.69) is 9.97 Å². The Morgan fingerprint density at radius 1 is 1.11 bits per heavy atom. The first kappa shape index (κ1) is 11.8. The molecular formula is C14H11F2N3. The van der Waals surface area contributed by atoms with Gasteiger partial charge in [-0.2, -0.15) is 0 Å². The molecule has 0 atom stereocenters. The normalized spacial score (nSPS) is 11.1. The molecule has 5 heteroatoms. The predicted molar refractivity (Wildman–Crippen MR) is 69.3 cm³/mol. The van der Waals surface area contributed by atoms with E-state index in [-0.39, 0.29) is 0 Å². The summed E-state index contributed by atoms with van der Waals surface area (Å²) < 4.78 is 26.1. The molecule has 0 aliphatic rings. The van der Waals surface area contributed by atoms with Crippen LogP contribution in [0.2, 0.25) is 0 Å². The minimum absolute atomic E-state index is 0.374. The summed E-state index contributed by atoms with van der Waals surface area (Å²) in [7, 11) is 0. The van der Waals surface area contributed by atoms with Gasteiger partial charge >= 0.3 is 0 Å². The third-order valence-electron chi connectivity index (χ3n) is 3.01. The Balaban J connectivity index is 2.17. The Morgan fingerprint density at radius 3 is 2.68 bits per heavy atom. The number of hydrogen-bond acceptors (Lipinski definition) is 2. The highest BCUT2D eigenvalue weighted by Gasteiger charge is 2.10. The largest absolute Gasteiger partial charge is 0.338 e. The zero-order valence-corrected chi connectivity index (χ0v) is 9.95. The Bertz CT molecular complexity index is 750. The van der Waals surface area contributed by atoms with E-state index in [1.54, 1.807) is 0 Å². The zero-order valence-electron chi connectivity index (χ0n) is 9.95. The molecule has 0 amide bonds. The van der Waals surface area contributed by atoms with Crippen LogP contribution < -0.4 is 5.73 Å². The van der Waals surface area contributed by atoms with E-state index in [1.807, 2.05) is 18.2 Å². The van der Waals surface area contributed by atoms with Crippen molar-refractivity contribution in [1.29, 1.82) is 0 Å². The van der Waals surface area contributed by atoms with Gasteiger partial charge in [-0.1, -0.05) is 12.1 Å². The molecule has 0 aliphatic carbocycles. The number of imidazole rings is 1. The fraction of sp³-hybridized carbons (Fsp3) is 0.0714. The molecular weight excluding hydrogens is 248 g/mol. The van der Waals surface area contributed by atoms with Gasteiger partial charge in [-0.05, 0) is 29.8 Å². The topological polar surface area (TPSA) is 54.7 Å². The summed E-state index contributed by atoms with van der Waals surface area (Å²) in [4.78, 5) is 7.48. The number of halogens is 2. The lowest BCUT2D eigenvalue weighted by atomic mass is 10.2. The summed E-state index contributed by atoms with van der Waals surface area (Å²) in [6.07, 6.45) is 0. The highest BCUT2D eigenvalue weighted by atomic mass is 19.2. The van der Waals surface area contributed by atoms with E-state index in [0.29, 0.717) is 17.9 Å². The molecule has 3 aromatic rings. The molecule has 0 radical (unpaired) electrons. The van der Waals surface area contributed by atoms with Crippen LogP contribution in [0.3, 0.4) is 0 Å². The maximum atomic E-state index is 13.2. The molecule has 0 unspecified atom stereocenters. The van der Waals surface area contributed by atoms with Crippen molar-refractivity contribution in [3.05, 3.63) is 53.6 Å². The van der Waals surface area contributed by atoms with Gasteiger partial charge in [0.2, 0.25) is 0 Å². The quantitative estimate of drug-likeness (QED) is 0.743. The first-order chi connectivity index (χ1) is 9.19. The van der Waals surface area contributed by atoms with Crippen LogP contribution in [0.5, 0.6) is 0 Å². The number of nitrogens with one attached hydrogen (secondary N) is 1. The Morgan fingerprint density at radius 2 is 1.95 bits per heavy atom. The molecule has 0 bridgehead atoms. The van der Waals surface area contributed by atoms with Crippen molar-refractivity contribution in [2.75, 3.05) is 0 Å². The molecule has 3 nitrogen and oxygen atoms in total. The fourth-order valence-corrected chi connectivity index (χ4v) is 2.04. The first-order valence-corrected chi connectivity index (χ1v) is 5.82. The predicted octanol–water partition coefficient (Wildman–Crippen LogP) is 2.97. The number of H-pyrrole nitrogens is 1. The lowest BCUT2D eigenvalue weighted by Crippen LogP contribution is -1.96. The van der Waals surface area contributed by atoms with Crippen LogP contribution in [0.15, 0.2) is 36.4 Å². The Kier molecular flexibility index (Phi) is 2.76. The number of aromatic amines is 1. The van der Waals surface area contributed by atoms with Gasteiger partial charge in [0.25, 0.3) is 0 Å². The zero-order chi connectivity index (χ0) is 13.4. The molecule has 3 rings (SSSR count). The van der Waals surface area contributed by atoms with Gasteiger partial charge in [0.1, 0.15) is 5.82 Å². The average molecular weight is 259 g/mol. The van der Waals surface area contributed by atoms with Gasteiger partial charge in [-0.3, -0.25) is 0 Å². The second-order valence-electron chi connectivity index (χ2n) is 4.23. The molecule has 1 heterocycles. The highest BCUT2D eigenvalue weighted by molar-refractivity contribution is 5.82. The monoisotopic (exact) mass is 259 g/mol. The summed E-state index contributed by atoms with van der Waals surface area (Å²) >= 11 is 0. The van der Waals surface area contributed by atoms with Gasteiger partial charge in [0.15, 0.2) is 11.6 Å². The molecule has 0 spiro atoms. The van der Waals surface area contributed by atoms with E-state index >= 15 is 0 Å². The molecule has 0 fully saturated rings. The molecule has 0 saturated heterocycles. The molecule has 2 aromatic carbocycles. The van der Waals surface area contributed by atoms with Crippen molar-refractivity contribution in [1.82, 2.24) is 9.97 Å². The molecule has 3 N–H and O–H groups in total. The second kappa shape index (κ2) is 4.44. The maximum absolute atomic E-state index is 13.2. The fourth-order valence-electron chi connectivity index (χ4n) is 2.04. The average Bonchev–Trinajstić information content (AvgIpc) is 2.85. The van der Waals surface area contributed by atoms with E-state index in [0.717, 1.165) is 28.7 Å². The molecule has 19 heavy (non-hydrogen) atoms. The standard InChI is InChI=1S/C14H11F2N3/c15-10-5-4-8(6-11(10)16)14-18-12-3-1-2-9(7-17)13(12)19-14/h1-6H,7,17H2,(H,18,19). The third kappa shape index (κ3) is 1.98. The van der Waals surface area contributed by atoms with Crippen molar-refractivity contribution in [3.8, 4) is 11.4 Å². The van der Waals surface area contributed by atoms with Crippen LogP contribution >= 0.6 is 0 Å². The van der Waals surface area contributed by atoms with E-state index < -0.39 is 11.6 Å². The van der Waals surface area contributed by atoms with E-state index in [9.17, 15) is 8.78 Å². The Labute approximate surface area is 108 Å². The number of benzene rings is 2. The van der Waals surface area contributed by atoms with Gasteiger partial charge in [-0.25, -0.2) is 13.8 Å². The minimum Gasteiger partial charge on any atom is -0.338 e. The number of nitrogens with zero attached hydrogens (tertiary/aromatic N) is 1. The van der Waals surface area contributed by atoms with Crippen LogP contribution in [0.1, 0.15) is 5.56 Å². The van der Waals surface area contributed by atoms with Gasteiger partial charge in [0.05, 0.1) is 11.0 Å². The van der Waals surface area contributed by atoms with Crippen LogP contribution in [0.25, 0.3) is 22.4 Å². The Hall–Kier alpha value is -2.27. The van der Waals surface area contributed by atoms with E-state index in [1.165, 1.54) is 6.07 Å². The van der Waals surface area contributed by atoms with Gasteiger partial charge in [-0.15, -0.1) is 0 Å². The number of fused-ring (bicyclic) bond motifs is 1. The van der Waals surface area contributed by atoms with Crippen molar-refractivity contribution in [2.24, 2.45) is 5.73 Å². The maximum Gasteiger partial charge on any atom is 0.159 e. The third-order valence-corrected chi connectivity index (χ3v) is 3.01. The van der Waals surface area contributed by atoms with Gasteiger partial charge < -0.3 is 10.7 Å². The number of hydrogen-bond donors (Lipinski definition) is 2. The number of nitrogens with two attached hydrogens (primary N) is 1. The molecule has 0 saturated carbocycles. The lowest BCUT2D eigenvalue weighted by molar-refractivity contribution is 0.509. The van der Waals surface area contributed by atoms with Crippen LogP contribution in [0, 0.1) is 11.6 Å². The summed E-state index contributed by atoms with van der Waals surface area (Å²) in [6, 6.07) is 9.32. The molecule has 96 valence electrons. The van der Waals surface area contributed by atoms with Gasteiger partial charge in [0, 0.05) is 12.1 Å². The van der Waals surface area contributed by atoms with Crippen molar-refractivity contribution < 1.29 is 8.78 Å². The number of aromatic nitrogens is 2. The SMILES string of the molecule is NCc1cccc2[nH]c(-c3ccc(F)c(F)c3)nc12. The highest BCUT2D eigenvalue weighted by Crippen LogP contribution is 2.23. The summed E-state index contributed by atoms with van der Waals surface area (Å²) in [5, 5.41) is 0. The van der Waals surface area contributed by atoms with Crippen molar-refractivity contribution >= 4 is 11.0 Å². The summed E-state index contributed by atoms with van der Waals surface area (Å²) in [5.41, 5.74) is 8.62.